The molecule has 2 aromatic carbocycles. The lowest BCUT2D eigenvalue weighted by atomic mass is 9.80. The molecule has 0 aliphatic heterocycles. The molecule has 114 valence electrons. The maximum absolute atomic E-state index is 12.9. The number of hydrogen-bond acceptors (Lipinski definition) is 2. The van der Waals surface area contributed by atoms with Crippen molar-refractivity contribution in [2.24, 2.45) is 0 Å². The van der Waals surface area contributed by atoms with E-state index in [2.05, 4.69) is 10.6 Å². The van der Waals surface area contributed by atoms with E-state index in [1.807, 2.05) is 60.7 Å². The summed E-state index contributed by atoms with van der Waals surface area (Å²) in [6.07, 6.45) is 5.13. The number of para-hydroxylation sites is 2. The summed E-state index contributed by atoms with van der Waals surface area (Å²) >= 11 is 0. The van der Waals surface area contributed by atoms with Gasteiger partial charge in [0.25, 0.3) is 0 Å². The first-order valence-corrected chi connectivity index (χ1v) is 7.98. The van der Waals surface area contributed by atoms with Gasteiger partial charge in [-0.15, -0.1) is 0 Å². The SMILES string of the molecule is O=C(Nc1ccccc1)C1(Nc2ccccc2)CCCCC1. The van der Waals surface area contributed by atoms with Gasteiger partial charge in [0.1, 0.15) is 5.54 Å². The predicted molar refractivity (Wildman–Crippen MR) is 91.0 cm³/mol. The Hall–Kier alpha value is -2.29. The van der Waals surface area contributed by atoms with Gasteiger partial charge in [-0.3, -0.25) is 4.79 Å². The third kappa shape index (κ3) is 3.30. The maximum atomic E-state index is 12.9. The number of amides is 1. The molecule has 0 atom stereocenters. The highest BCUT2D eigenvalue weighted by atomic mass is 16.2. The van der Waals surface area contributed by atoms with E-state index in [1.165, 1.54) is 6.42 Å². The van der Waals surface area contributed by atoms with Gasteiger partial charge in [0.05, 0.1) is 0 Å². The molecular weight excluding hydrogens is 272 g/mol. The molecule has 3 nitrogen and oxygen atoms in total. The molecule has 0 unspecified atom stereocenters. The number of carbonyl (C=O) groups excluding carboxylic acids is 1. The summed E-state index contributed by atoms with van der Waals surface area (Å²) in [5.74, 6) is 0.0715. The van der Waals surface area contributed by atoms with Gasteiger partial charge in [-0.25, -0.2) is 0 Å². The van der Waals surface area contributed by atoms with Crippen LogP contribution in [0.3, 0.4) is 0 Å². The summed E-state index contributed by atoms with van der Waals surface area (Å²) < 4.78 is 0. The summed E-state index contributed by atoms with van der Waals surface area (Å²) in [4.78, 5) is 12.9. The van der Waals surface area contributed by atoms with Crippen molar-refractivity contribution in [3.05, 3.63) is 60.7 Å². The zero-order chi connectivity index (χ0) is 15.3. The van der Waals surface area contributed by atoms with Crippen molar-refractivity contribution in [1.29, 1.82) is 0 Å². The molecule has 1 aliphatic carbocycles. The maximum Gasteiger partial charge on any atom is 0.250 e. The van der Waals surface area contributed by atoms with Crippen LogP contribution in [0.25, 0.3) is 0 Å². The normalized spacial score (nSPS) is 16.7. The van der Waals surface area contributed by atoms with Gasteiger partial charge in [0, 0.05) is 11.4 Å². The minimum atomic E-state index is -0.505. The second kappa shape index (κ2) is 6.65. The van der Waals surface area contributed by atoms with Crippen LogP contribution in [-0.4, -0.2) is 11.4 Å². The molecule has 2 aromatic rings. The second-order valence-electron chi connectivity index (χ2n) is 5.95. The Kier molecular flexibility index (Phi) is 4.42. The number of benzene rings is 2. The molecular formula is C19H22N2O. The molecule has 0 aromatic heterocycles. The molecule has 1 amide bonds. The lowest BCUT2D eigenvalue weighted by molar-refractivity contribution is -0.121. The summed E-state index contributed by atoms with van der Waals surface area (Å²) in [7, 11) is 0. The molecule has 0 saturated heterocycles. The van der Waals surface area contributed by atoms with Crippen molar-refractivity contribution in [3.63, 3.8) is 0 Å². The fraction of sp³-hybridized carbons (Fsp3) is 0.316. The Bertz CT molecular complexity index is 604. The van der Waals surface area contributed by atoms with E-state index < -0.39 is 5.54 Å². The highest BCUT2D eigenvalue weighted by molar-refractivity contribution is 6.00. The van der Waals surface area contributed by atoms with Crippen LogP contribution in [0.5, 0.6) is 0 Å². The van der Waals surface area contributed by atoms with Gasteiger partial charge < -0.3 is 10.6 Å². The topological polar surface area (TPSA) is 41.1 Å². The molecule has 0 spiro atoms. The van der Waals surface area contributed by atoms with Crippen LogP contribution < -0.4 is 10.6 Å². The van der Waals surface area contributed by atoms with E-state index in [0.717, 1.165) is 37.1 Å². The Labute approximate surface area is 131 Å². The van der Waals surface area contributed by atoms with E-state index in [4.69, 9.17) is 0 Å². The zero-order valence-electron chi connectivity index (χ0n) is 12.7. The number of hydrogen-bond donors (Lipinski definition) is 2. The number of rotatable bonds is 4. The van der Waals surface area contributed by atoms with Crippen LogP contribution in [0, 0.1) is 0 Å². The minimum absolute atomic E-state index is 0.0715. The molecule has 0 heterocycles. The Morgan fingerprint density at radius 2 is 1.32 bits per heavy atom. The third-order valence-corrected chi connectivity index (χ3v) is 4.33. The Morgan fingerprint density at radius 3 is 1.91 bits per heavy atom. The van der Waals surface area contributed by atoms with Crippen molar-refractivity contribution >= 4 is 17.3 Å². The second-order valence-corrected chi connectivity index (χ2v) is 5.95. The molecule has 0 bridgehead atoms. The summed E-state index contributed by atoms with van der Waals surface area (Å²) in [6, 6.07) is 19.7. The number of anilines is 2. The average molecular weight is 294 g/mol. The van der Waals surface area contributed by atoms with Crippen LogP contribution in [0.1, 0.15) is 32.1 Å². The standard InChI is InChI=1S/C19H22N2O/c22-18(20-16-10-4-1-5-11-16)19(14-8-3-9-15-19)21-17-12-6-2-7-13-17/h1-2,4-7,10-13,21H,3,8-9,14-15H2,(H,20,22). The van der Waals surface area contributed by atoms with Gasteiger partial charge in [0.15, 0.2) is 0 Å². The van der Waals surface area contributed by atoms with E-state index in [0.29, 0.717) is 0 Å². The monoisotopic (exact) mass is 294 g/mol. The van der Waals surface area contributed by atoms with Gasteiger partial charge in [-0.1, -0.05) is 55.7 Å². The van der Waals surface area contributed by atoms with Crippen molar-refractivity contribution in [2.75, 3.05) is 10.6 Å². The van der Waals surface area contributed by atoms with Crippen LogP contribution in [0.15, 0.2) is 60.7 Å². The van der Waals surface area contributed by atoms with Gasteiger partial charge in [-0.2, -0.15) is 0 Å². The number of nitrogens with one attached hydrogen (secondary N) is 2. The largest absolute Gasteiger partial charge is 0.371 e. The summed E-state index contributed by atoms with van der Waals surface area (Å²) in [5, 5.41) is 6.57. The van der Waals surface area contributed by atoms with Crippen molar-refractivity contribution in [1.82, 2.24) is 0 Å². The van der Waals surface area contributed by atoms with Crippen LogP contribution >= 0.6 is 0 Å². The van der Waals surface area contributed by atoms with Gasteiger partial charge in [-0.05, 0) is 37.1 Å². The smallest absolute Gasteiger partial charge is 0.250 e. The molecule has 1 fully saturated rings. The zero-order valence-corrected chi connectivity index (χ0v) is 12.7. The van der Waals surface area contributed by atoms with Crippen molar-refractivity contribution < 1.29 is 4.79 Å². The molecule has 22 heavy (non-hydrogen) atoms. The van der Waals surface area contributed by atoms with E-state index in [-0.39, 0.29) is 5.91 Å². The fourth-order valence-electron chi connectivity index (χ4n) is 3.13. The van der Waals surface area contributed by atoms with E-state index in [1.54, 1.807) is 0 Å². The summed E-state index contributed by atoms with van der Waals surface area (Å²) in [6.45, 7) is 0. The average Bonchev–Trinajstić information content (AvgIpc) is 2.57. The molecule has 2 N–H and O–H groups in total. The molecule has 3 heteroatoms. The molecule has 0 radical (unpaired) electrons. The predicted octanol–water partition coefficient (Wildman–Crippen LogP) is 4.44. The van der Waals surface area contributed by atoms with Crippen molar-refractivity contribution in [3.8, 4) is 0 Å². The van der Waals surface area contributed by atoms with Crippen LogP contribution in [0.2, 0.25) is 0 Å². The third-order valence-electron chi connectivity index (χ3n) is 4.33. The first kappa shape index (κ1) is 14.6. The van der Waals surface area contributed by atoms with Crippen LogP contribution in [-0.2, 0) is 4.79 Å². The molecule has 1 aliphatic rings. The van der Waals surface area contributed by atoms with Crippen molar-refractivity contribution in [2.45, 2.75) is 37.6 Å². The van der Waals surface area contributed by atoms with E-state index in [9.17, 15) is 4.79 Å². The Balaban J connectivity index is 1.80. The van der Waals surface area contributed by atoms with Gasteiger partial charge >= 0.3 is 0 Å². The quantitative estimate of drug-likeness (QED) is 0.875. The Morgan fingerprint density at radius 1 is 0.773 bits per heavy atom. The van der Waals surface area contributed by atoms with Crippen LogP contribution in [0.4, 0.5) is 11.4 Å². The molecule has 1 saturated carbocycles. The first-order valence-electron chi connectivity index (χ1n) is 7.98. The summed E-state index contributed by atoms with van der Waals surface area (Å²) in [5.41, 5.74) is 1.36. The highest BCUT2D eigenvalue weighted by Crippen LogP contribution is 2.33. The highest BCUT2D eigenvalue weighted by Gasteiger charge is 2.39. The lowest BCUT2D eigenvalue weighted by Crippen LogP contribution is -2.51. The van der Waals surface area contributed by atoms with Gasteiger partial charge in [0.2, 0.25) is 5.91 Å². The fourth-order valence-corrected chi connectivity index (χ4v) is 3.13. The lowest BCUT2D eigenvalue weighted by Gasteiger charge is -2.37. The first-order chi connectivity index (χ1) is 10.8. The van der Waals surface area contributed by atoms with E-state index >= 15 is 0 Å². The molecule has 3 rings (SSSR count). The minimum Gasteiger partial charge on any atom is -0.371 e. The number of carbonyl (C=O) groups is 1.